The number of carbonyl (C=O) groups excluding carboxylic acids is 1. The molecule has 0 saturated carbocycles. The van der Waals surface area contributed by atoms with Crippen molar-refractivity contribution in [3.8, 4) is 11.4 Å². The summed E-state index contributed by atoms with van der Waals surface area (Å²) in [6.07, 6.45) is 2.44. The number of aliphatic hydroxyl groups is 1. The van der Waals surface area contributed by atoms with E-state index in [1.807, 2.05) is 31.2 Å². The zero-order valence-electron chi connectivity index (χ0n) is 14.4. The minimum atomic E-state index is -0.454. The fraction of sp³-hybridized carbons (Fsp3) is 0.500. The Balaban J connectivity index is 1.49. The number of aliphatic hydroxyl groups excluding tert-OH is 1. The number of likely N-dealkylation sites (tertiary alicyclic amines) is 1. The first-order chi connectivity index (χ1) is 12.1. The normalized spacial score (nSPS) is 22.7. The van der Waals surface area contributed by atoms with Crippen LogP contribution in [0.2, 0.25) is 0 Å². The quantitative estimate of drug-likeness (QED) is 0.876. The lowest BCUT2D eigenvalue weighted by Crippen LogP contribution is -2.47. The van der Waals surface area contributed by atoms with E-state index in [0.29, 0.717) is 13.1 Å². The standard InChI is InChI=1S/C18H23N5O2/c1-12-7-9-22(11-15(12)24)18(25)19-14-5-2-4-13(10-14)17-21-20-16-6-3-8-23(16)17/h2,4-5,10,12,15,24H,3,6-9,11H2,1H3,(H,19,25). The number of hydrogen-bond acceptors (Lipinski definition) is 4. The number of amides is 2. The van der Waals surface area contributed by atoms with E-state index < -0.39 is 6.10 Å². The molecule has 2 aliphatic rings. The molecule has 2 amide bonds. The number of nitrogens with zero attached hydrogens (tertiary/aromatic N) is 4. The van der Waals surface area contributed by atoms with Crippen molar-refractivity contribution in [3.63, 3.8) is 0 Å². The van der Waals surface area contributed by atoms with Gasteiger partial charge in [-0.1, -0.05) is 19.1 Å². The van der Waals surface area contributed by atoms with Crippen LogP contribution in [-0.2, 0) is 13.0 Å². The first-order valence-corrected chi connectivity index (χ1v) is 8.88. The molecule has 1 aromatic heterocycles. The first-order valence-electron chi connectivity index (χ1n) is 8.88. The highest BCUT2D eigenvalue weighted by molar-refractivity contribution is 5.90. The van der Waals surface area contributed by atoms with Crippen molar-refractivity contribution in [2.75, 3.05) is 18.4 Å². The monoisotopic (exact) mass is 341 g/mol. The smallest absolute Gasteiger partial charge is 0.321 e. The molecule has 2 aromatic rings. The van der Waals surface area contributed by atoms with E-state index in [1.165, 1.54) is 0 Å². The van der Waals surface area contributed by atoms with E-state index in [-0.39, 0.29) is 11.9 Å². The summed E-state index contributed by atoms with van der Waals surface area (Å²) in [4.78, 5) is 14.1. The Morgan fingerprint density at radius 1 is 1.32 bits per heavy atom. The van der Waals surface area contributed by atoms with Crippen LogP contribution in [0.15, 0.2) is 24.3 Å². The second-order valence-corrected chi connectivity index (χ2v) is 6.99. The Morgan fingerprint density at radius 3 is 3.04 bits per heavy atom. The second kappa shape index (κ2) is 6.48. The second-order valence-electron chi connectivity index (χ2n) is 6.99. The molecule has 1 fully saturated rings. The molecule has 0 aliphatic carbocycles. The summed E-state index contributed by atoms with van der Waals surface area (Å²) in [7, 11) is 0. The van der Waals surface area contributed by atoms with Crippen LogP contribution in [0, 0.1) is 5.92 Å². The number of urea groups is 1. The molecule has 1 saturated heterocycles. The molecule has 25 heavy (non-hydrogen) atoms. The van der Waals surface area contributed by atoms with Gasteiger partial charge in [-0.25, -0.2) is 4.79 Å². The van der Waals surface area contributed by atoms with Crippen molar-refractivity contribution in [2.45, 2.75) is 38.8 Å². The molecule has 2 atom stereocenters. The van der Waals surface area contributed by atoms with Gasteiger partial charge >= 0.3 is 6.03 Å². The minimum absolute atomic E-state index is 0.172. The molecule has 3 heterocycles. The summed E-state index contributed by atoms with van der Waals surface area (Å²) in [6, 6.07) is 7.52. The van der Waals surface area contributed by atoms with Crippen LogP contribution < -0.4 is 5.32 Å². The van der Waals surface area contributed by atoms with Crippen LogP contribution in [-0.4, -0.2) is 50.0 Å². The Bertz CT molecular complexity index is 788. The largest absolute Gasteiger partial charge is 0.391 e. The summed E-state index contributed by atoms with van der Waals surface area (Å²) in [5.74, 6) is 2.12. The van der Waals surface area contributed by atoms with Crippen molar-refractivity contribution >= 4 is 11.7 Å². The number of piperidine rings is 1. The average Bonchev–Trinajstić information content (AvgIpc) is 3.21. The fourth-order valence-corrected chi connectivity index (χ4v) is 3.54. The number of aromatic nitrogens is 3. The molecule has 4 rings (SSSR count). The lowest BCUT2D eigenvalue weighted by molar-refractivity contribution is 0.0464. The van der Waals surface area contributed by atoms with Crippen molar-refractivity contribution in [2.24, 2.45) is 5.92 Å². The summed E-state index contributed by atoms with van der Waals surface area (Å²) < 4.78 is 2.14. The summed E-state index contributed by atoms with van der Waals surface area (Å²) in [5, 5.41) is 21.5. The van der Waals surface area contributed by atoms with Gasteiger partial charge in [-0.05, 0) is 30.9 Å². The third kappa shape index (κ3) is 3.11. The van der Waals surface area contributed by atoms with Gasteiger partial charge in [0, 0.05) is 37.3 Å². The number of aryl methyl sites for hydroxylation is 1. The van der Waals surface area contributed by atoms with Crippen molar-refractivity contribution in [1.29, 1.82) is 0 Å². The van der Waals surface area contributed by atoms with Crippen LogP contribution in [0.1, 0.15) is 25.6 Å². The number of carbonyl (C=O) groups is 1. The average molecular weight is 341 g/mol. The lowest BCUT2D eigenvalue weighted by atomic mass is 9.96. The summed E-state index contributed by atoms with van der Waals surface area (Å²) in [5.41, 5.74) is 1.68. The maximum atomic E-state index is 12.5. The molecule has 0 spiro atoms. The Hall–Kier alpha value is -2.41. The number of fused-ring (bicyclic) bond motifs is 1. The Kier molecular flexibility index (Phi) is 4.17. The van der Waals surface area contributed by atoms with E-state index in [0.717, 1.165) is 48.7 Å². The SMILES string of the molecule is CC1CCN(C(=O)Nc2cccc(-c3nnc4n3CCC4)c2)CC1O. The van der Waals surface area contributed by atoms with Gasteiger partial charge < -0.3 is 19.9 Å². The topological polar surface area (TPSA) is 83.3 Å². The third-order valence-corrected chi connectivity index (χ3v) is 5.19. The van der Waals surface area contributed by atoms with E-state index >= 15 is 0 Å². The molecule has 1 aromatic carbocycles. The van der Waals surface area contributed by atoms with Gasteiger partial charge in [-0.3, -0.25) is 0 Å². The summed E-state index contributed by atoms with van der Waals surface area (Å²) in [6.45, 7) is 4.00. The fourth-order valence-electron chi connectivity index (χ4n) is 3.54. The Labute approximate surface area is 146 Å². The molecule has 7 heteroatoms. The molecule has 132 valence electrons. The highest BCUT2D eigenvalue weighted by atomic mass is 16.3. The van der Waals surface area contributed by atoms with Gasteiger partial charge in [0.15, 0.2) is 5.82 Å². The molecule has 2 unspecified atom stereocenters. The maximum Gasteiger partial charge on any atom is 0.321 e. The number of hydrogen-bond donors (Lipinski definition) is 2. The van der Waals surface area contributed by atoms with Crippen LogP contribution in [0.3, 0.4) is 0 Å². The van der Waals surface area contributed by atoms with Crippen LogP contribution >= 0.6 is 0 Å². The van der Waals surface area contributed by atoms with Gasteiger partial charge in [0.25, 0.3) is 0 Å². The molecular weight excluding hydrogens is 318 g/mol. The molecule has 0 radical (unpaired) electrons. The van der Waals surface area contributed by atoms with Gasteiger partial charge in [0.2, 0.25) is 0 Å². The minimum Gasteiger partial charge on any atom is -0.391 e. The molecule has 2 N–H and O–H groups in total. The van der Waals surface area contributed by atoms with Crippen LogP contribution in [0.5, 0.6) is 0 Å². The highest BCUT2D eigenvalue weighted by Crippen LogP contribution is 2.26. The lowest BCUT2D eigenvalue weighted by Gasteiger charge is -2.34. The molecule has 7 nitrogen and oxygen atoms in total. The van der Waals surface area contributed by atoms with Crippen LogP contribution in [0.4, 0.5) is 10.5 Å². The van der Waals surface area contributed by atoms with Crippen molar-refractivity contribution in [1.82, 2.24) is 19.7 Å². The predicted molar refractivity (Wildman–Crippen MR) is 94.2 cm³/mol. The number of benzene rings is 1. The van der Waals surface area contributed by atoms with Gasteiger partial charge in [0.05, 0.1) is 6.10 Å². The number of nitrogens with one attached hydrogen (secondary N) is 1. The van der Waals surface area contributed by atoms with Crippen LogP contribution in [0.25, 0.3) is 11.4 Å². The van der Waals surface area contributed by atoms with Gasteiger partial charge in [-0.2, -0.15) is 0 Å². The first kappa shape index (κ1) is 16.1. The number of anilines is 1. The van der Waals surface area contributed by atoms with E-state index in [9.17, 15) is 9.90 Å². The molecule has 0 bridgehead atoms. The zero-order valence-corrected chi connectivity index (χ0v) is 14.4. The number of rotatable bonds is 2. The van der Waals surface area contributed by atoms with Crippen molar-refractivity contribution in [3.05, 3.63) is 30.1 Å². The zero-order chi connectivity index (χ0) is 17.4. The van der Waals surface area contributed by atoms with Gasteiger partial charge in [0.1, 0.15) is 5.82 Å². The number of β-amino-alcohol motifs (C(OH)–C–C–N with tert-alkyl or cyclic N) is 1. The molecule has 2 aliphatic heterocycles. The highest BCUT2D eigenvalue weighted by Gasteiger charge is 2.27. The molecular formula is C18H23N5O2. The van der Waals surface area contributed by atoms with E-state index in [1.54, 1.807) is 4.90 Å². The van der Waals surface area contributed by atoms with Crippen molar-refractivity contribution < 1.29 is 9.90 Å². The maximum absolute atomic E-state index is 12.5. The van der Waals surface area contributed by atoms with Gasteiger partial charge in [-0.15, -0.1) is 10.2 Å². The predicted octanol–water partition coefficient (Wildman–Crippen LogP) is 2.13. The van der Waals surface area contributed by atoms with E-state index in [4.69, 9.17) is 0 Å². The Morgan fingerprint density at radius 2 is 2.20 bits per heavy atom. The third-order valence-electron chi connectivity index (χ3n) is 5.19. The van der Waals surface area contributed by atoms with E-state index in [2.05, 4.69) is 20.1 Å². The summed E-state index contributed by atoms with van der Waals surface area (Å²) >= 11 is 0.